The molecule has 0 saturated carbocycles. The summed E-state index contributed by atoms with van der Waals surface area (Å²) in [6.45, 7) is 0.408. The SMILES string of the molecule is CN(C(=O)CCOc1ccccc1-c1ccccc1)C1CC2CCC(C1)N2. The molecule has 2 unspecified atom stereocenters. The summed E-state index contributed by atoms with van der Waals surface area (Å²) in [5.41, 5.74) is 2.19. The maximum atomic E-state index is 12.6. The van der Waals surface area contributed by atoms with Crippen LogP contribution in [0.3, 0.4) is 0 Å². The molecule has 0 aromatic heterocycles. The third kappa shape index (κ3) is 4.16. The van der Waals surface area contributed by atoms with Crippen molar-refractivity contribution >= 4 is 5.91 Å². The van der Waals surface area contributed by atoms with Crippen molar-refractivity contribution in [1.82, 2.24) is 10.2 Å². The minimum Gasteiger partial charge on any atom is -0.492 e. The molecule has 2 aromatic rings. The number of fused-ring (bicyclic) bond motifs is 2. The van der Waals surface area contributed by atoms with Crippen LogP contribution in [0, 0.1) is 0 Å². The molecule has 2 aliphatic rings. The molecule has 2 atom stereocenters. The third-order valence-corrected chi connectivity index (χ3v) is 5.93. The van der Waals surface area contributed by atoms with E-state index in [-0.39, 0.29) is 5.91 Å². The highest BCUT2D eigenvalue weighted by Gasteiger charge is 2.36. The van der Waals surface area contributed by atoms with Gasteiger partial charge in [-0.3, -0.25) is 4.79 Å². The van der Waals surface area contributed by atoms with E-state index in [1.165, 1.54) is 12.8 Å². The number of hydrogen-bond acceptors (Lipinski definition) is 3. The number of nitrogens with one attached hydrogen (secondary N) is 1. The zero-order valence-electron chi connectivity index (χ0n) is 15.9. The molecule has 142 valence electrons. The van der Waals surface area contributed by atoms with Crippen LogP contribution in [0.25, 0.3) is 11.1 Å². The topological polar surface area (TPSA) is 41.6 Å². The predicted octanol–water partition coefficient (Wildman–Crippen LogP) is 3.86. The molecule has 2 heterocycles. The molecular formula is C23H28N2O2. The van der Waals surface area contributed by atoms with E-state index < -0.39 is 0 Å². The van der Waals surface area contributed by atoms with E-state index in [0.717, 1.165) is 29.7 Å². The van der Waals surface area contributed by atoms with Crippen LogP contribution in [-0.4, -0.2) is 42.6 Å². The smallest absolute Gasteiger partial charge is 0.225 e. The van der Waals surface area contributed by atoms with Crippen molar-refractivity contribution in [1.29, 1.82) is 0 Å². The van der Waals surface area contributed by atoms with E-state index in [2.05, 4.69) is 23.5 Å². The lowest BCUT2D eigenvalue weighted by molar-refractivity contribution is -0.133. The van der Waals surface area contributed by atoms with Gasteiger partial charge in [-0.25, -0.2) is 0 Å². The van der Waals surface area contributed by atoms with E-state index in [1.807, 2.05) is 48.3 Å². The van der Waals surface area contributed by atoms with Crippen molar-refractivity contribution in [2.24, 2.45) is 0 Å². The average Bonchev–Trinajstić information content (AvgIpc) is 3.06. The van der Waals surface area contributed by atoms with Gasteiger partial charge in [0.15, 0.2) is 0 Å². The second-order valence-electron chi connectivity index (χ2n) is 7.73. The Labute approximate surface area is 161 Å². The quantitative estimate of drug-likeness (QED) is 0.846. The first-order valence-corrected chi connectivity index (χ1v) is 9.99. The van der Waals surface area contributed by atoms with Gasteiger partial charge in [-0.2, -0.15) is 0 Å². The Kier molecular flexibility index (Phi) is 5.44. The first-order valence-electron chi connectivity index (χ1n) is 9.99. The summed E-state index contributed by atoms with van der Waals surface area (Å²) < 4.78 is 5.99. The summed E-state index contributed by atoms with van der Waals surface area (Å²) in [5.74, 6) is 1.01. The molecule has 2 saturated heterocycles. The standard InChI is InChI=1S/C23H28N2O2/c1-25(20-15-18-11-12-19(16-20)24-18)23(26)13-14-27-22-10-6-5-9-21(22)17-7-3-2-4-8-17/h2-10,18-20,24H,11-16H2,1H3. The van der Waals surface area contributed by atoms with E-state index >= 15 is 0 Å². The molecule has 4 heteroatoms. The number of benzene rings is 2. The zero-order valence-corrected chi connectivity index (χ0v) is 15.9. The Bertz CT molecular complexity index is 765. The number of piperidine rings is 1. The molecular weight excluding hydrogens is 336 g/mol. The molecule has 2 fully saturated rings. The highest BCUT2D eigenvalue weighted by atomic mass is 16.5. The molecule has 0 aliphatic carbocycles. The van der Waals surface area contributed by atoms with E-state index in [4.69, 9.17) is 4.74 Å². The third-order valence-electron chi connectivity index (χ3n) is 5.93. The van der Waals surface area contributed by atoms with Gasteiger partial charge in [0.1, 0.15) is 5.75 Å². The van der Waals surface area contributed by atoms with Crippen LogP contribution < -0.4 is 10.1 Å². The number of carbonyl (C=O) groups excluding carboxylic acids is 1. The maximum Gasteiger partial charge on any atom is 0.225 e. The molecule has 1 N–H and O–H groups in total. The summed E-state index contributed by atoms with van der Waals surface area (Å²) in [6.07, 6.45) is 5.08. The number of ether oxygens (including phenoxy) is 1. The van der Waals surface area contributed by atoms with Crippen LogP contribution in [0.1, 0.15) is 32.1 Å². The Balaban J connectivity index is 1.33. The van der Waals surface area contributed by atoms with Crippen LogP contribution in [0.5, 0.6) is 5.75 Å². The van der Waals surface area contributed by atoms with E-state index in [9.17, 15) is 4.79 Å². The van der Waals surface area contributed by atoms with Gasteiger partial charge in [-0.1, -0.05) is 48.5 Å². The first kappa shape index (κ1) is 18.1. The molecule has 0 spiro atoms. The highest BCUT2D eigenvalue weighted by Crippen LogP contribution is 2.31. The molecule has 4 nitrogen and oxygen atoms in total. The summed E-state index contributed by atoms with van der Waals surface area (Å²) in [4.78, 5) is 14.6. The fourth-order valence-corrected chi connectivity index (χ4v) is 4.42. The van der Waals surface area contributed by atoms with Crippen LogP contribution in [0.4, 0.5) is 0 Å². The van der Waals surface area contributed by atoms with E-state index in [1.54, 1.807) is 0 Å². The predicted molar refractivity (Wildman–Crippen MR) is 108 cm³/mol. The molecule has 2 aromatic carbocycles. The second kappa shape index (κ2) is 8.13. The number of rotatable bonds is 6. The summed E-state index contributed by atoms with van der Waals surface area (Å²) >= 11 is 0. The lowest BCUT2D eigenvalue weighted by Gasteiger charge is -2.35. The van der Waals surface area contributed by atoms with Crippen molar-refractivity contribution in [3.63, 3.8) is 0 Å². The number of para-hydroxylation sites is 1. The fourth-order valence-electron chi connectivity index (χ4n) is 4.42. The zero-order chi connectivity index (χ0) is 18.6. The lowest BCUT2D eigenvalue weighted by atomic mass is 9.98. The molecule has 1 amide bonds. The van der Waals surface area contributed by atoms with Gasteiger partial charge in [-0.05, 0) is 37.3 Å². The van der Waals surface area contributed by atoms with Crippen LogP contribution in [0.15, 0.2) is 54.6 Å². The Morgan fingerprint density at radius 2 is 1.70 bits per heavy atom. The van der Waals surface area contributed by atoms with Gasteiger partial charge in [0.25, 0.3) is 0 Å². The Morgan fingerprint density at radius 3 is 2.44 bits per heavy atom. The molecule has 27 heavy (non-hydrogen) atoms. The number of amides is 1. The summed E-state index contributed by atoms with van der Waals surface area (Å²) in [6, 6.07) is 19.8. The molecule has 2 bridgehead atoms. The summed E-state index contributed by atoms with van der Waals surface area (Å²) in [7, 11) is 1.95. The maximum absolute atomic E-state index is 12.6. The molecule has 4 rings (SSSR count). The van der Waals surface area contributed by atoms with Crippen LogP contribution in [-0.2, 0) is 4.79 Å². The largest absolute Gasteiger partial charge is 0.492 e. The highest BCUT2D eigenvalue weighted by molar-refractivity contribution is 5.76. The fraction of sp³-hybridized carbons (Fsp3) is 0.435. The molecule has 0 radical (unpaired) electrons. The van der Waals surface area contributed by atoms with Gasteiger partial charge < -0.3 is 15.0 Å². The molecule has 2 aliphatic heterocycles. The van der Waals surface area contributed by atoms with Crippen LogP contribution >= 0.6 is 0 Å². The van der Waals surface area contributed by atoms with Crippen molar-refractivity contribution < 1.29 is 9.53 Å². The van der Waals surface area contributed by atoms with Gasteiger partial charge in [0, 0.05) is 30.7 Å². The van der Waals surface area contributed by atoms with Crippen molar-refractivity contribution in [3.05, 3.63) is 54.6 Å². The minimum absolute atomic E-state index is 0.179. The Morgan fingerprint density at radius 1 is 1.04 bits per heavy atom. The van der Waals surface area contributed by atoms with Gasteiger partial charge in [0.05, 0.1) is 13.0 Å². The first-order chi connectivity index (χ1) is 13.2. The number of hydrogen-bond donors (Lipinski definition) is 1. The average molecular weight is 364 g/mol. The number of carbonyl (C=O) groups is 1. The monoisotopic (exact) mass is 364 g/mol. The van der Waals surface area contributed by atoms with Gasteiger partial charge in [0.2, 0.25) is 5.91 Å². The second-order valence-corrected chi connectivity index (χ2v) is 7.73. The lowest BCUT2D eigenvalue weighted by Crippen LogP contribution is -2.48. The normalized spacial score (nSPS) is 23.8. The van der Waals surface area contributed by atoms with Gasteiger partial charge >= 0.3 is 0 Å². The van der Waals surface area contributed by atoms with Crippen LogP contribution in [0.2, 0.25) is 0 Å². The summed E-state index contributed by atoms with van der Waals surface area (Å²) in [5, 5.41) is 3.64. The number of nitrogens with zero attached hydrogens (tertiary/aromatic N) is 1. The van der Waals surface area contributed by atoms with Gasteiger partial charge in [-0.15, -0.1) is 0 Å². The minimum atomic E-state index is 0.179. The van der Waals surface area contributed by atoms with Crippen molar-refractivity contribution in [2.75, 3.05) is 13.7 Å². The van der Waals surface area contributed by atoms with Crippen molar-refractivity contribution in [3.8, 4) is 16.9 Å². The van der Waals surface area contributed by atoms with Crippen molar-refractivity contribution in [2.45, 2.75) is 50.2 Å². The Hall–Kier alpha value is -2.33. The van der Waals surface area contributed by atoms with E-state index in [0.29, 0.717) is 31.2 Å².